The monoisotopic (exact) mass is 569 g/mol. The van der Waals surface area contributed by atoms with Crippen molar-refractivity contribution in [2.45, 2.75) is 82.8 Å². The Balaban J connectivity index is 1.29. The van der Waals surface area contributed by atoms with Gasteiger partial charge in [-0.05, 0) is 82.6 Å². The number of nitrogens with zero attached hydrogens (tertiary/aromatic N) is 3. The van der Waals surface area contributed by atoms with Crippen LogP contribution >= 0.6 is 0 Å². The number of rotatable bonds is 6. The van der Waals surface area contributed by atoms with Crippen LogP contribution in [0, 0.1) is 0 Å². The zero-order valence-corrected chi connectivity index (χ0v) is 24.5. The fourth-order valence-electron chi connectivity index (χ4n) is 6.80. The van der Waals surface area contributed by atoms with Crippen LogP contribution in [0.15, 0.2) is 70.0 Å². The summed E-state index contributed by atoms with van der Waals surface area (Å²) in [6, 6.07) is 17.4. The Morgan fingerprint density at radius 1 is 1.00 bits per heavy atom. The second-order valence-corrected chi connectivity index (χ2v) is 12.6. The van der Waals surface area contributed by atoms with Crippen LogP contribution in [0.25, 0.3) is 22.2 Å². The highest BCUT2D eigenvalue weighted by Gasteiger charge is 2.46. The van der Waals surface area contributed by atoms with E-state index in [1.807, 2.05) is 53.2 Å². The quantitative estimate of drug-likeness (QED) is 0.251. The maximum Gasteiger partial charge on any atom is 0.200 e. The molecule has 0 saturated carbocycles. The third kappa shape index (κ3) is 5.22. The van der Waals surface area contributed by atoms with Gasteiger partial charge in [0.25, 0.3) is 0 Å². The fraction of sp³-hybridized carbons (Fsp3) is 0.471. The van der Waals surface area contributed by atoms with Crippen LogP contribution in [0.3, 0.4) is 0 Å². The maximum absolute atomic E-state index is 13.6. The Bertz CT molecular complexity index is 1610. The molecule has 220 valence electrons. The van der Waals surface area contributed by atoms with Crippen molar-refractivity contribution in [2.24, 2.45) is 0 Å². The number of fused-ring (bicyclic) bond motifs is 1. The summed E-state index contributed by atoms with van der Waals surface area (Å²) in [7, 11) is 0. The lowest BCUT2D eigenvalue weighted by Crippen LogP contribution is -2.45. The molecule has 0 radical (unpaired) electrons. The van der Waals surface area contributed by atoms with Crippen molar-refractivity contribution in [1.82, 2.24) is 9.78 Å². The van der Waals surface area contributed by atoms with Gasteiger partial charge in [-0.2, -0.15) is 5.10 Å². The Hall–Kier alpha value is -3.62. The van der Waals surface area contributed by atoms with E-state index < -0.39 is 0 Å². The molecule has 0 aliphatic carbocycles. The highest BCUT2D eigenvalue weighted by atomic mass is 16.5. The van der Waals surface area contributed by atoms with Gasteiger partial charge in [0.15, 0.2) is 23.1 Å². The van der Waals surface area contributed by atoms with Gasteiger partial charge in [-0.25, -0.2) is 4.68 Å². The van der Waals surface area contributed by atoms with Gasteiger partial charge in [0.1, 0.15) is 12.4 Å². The first-order chi connectivity index (χ1) is 20.4. The Kier molecular flexibility index (Phi) is 7.06. The molecular formula is C34H39N3O5. The number of anilines is 1. The topological polar surface area (TPSA) is 79.0 Å². The molecule has 0 N–H and O–H groups in total. The molecule has 3 fully saturated rings. The molecule has 2 aromatic carbocycles. The lowest BCUT2D eigenvalue weighted by Gasteiger charge is -2.40. The van der Waals surface area contributed by atoms with Gasteiger partial charge in [-0.3, -0.25) is 4.79 Å². The highest BCUT2D eigenvalue weighted by molar-refractivity contribution is 5.95. The lowest BCUT2D eigenvalue weighted by molar-refractivity contribution is -0.0968. The van der Waals surface area contributed by atoms with E-state index in [1.165, 1.54) is 0 Å². The predicted molar refractivity (Wildman–Crippen MR) is 162 cm³/mol. The standard InChI is InChI=1S/C34H39N3O5/c1-33(2)14-15-34(42-33)16-19-36(20-17-34)30-22-27(38)25-11-12-28(40-23-24-8-4-3-5-9-24)31(32(25)41-30)26-13-18-35-37(26)29-10-6-7-21-39-29/h3-5,8-9,11-13,18,22,29H,6-7,10,14-17,19-21,23H2,1-2H3. The van der Waals surface area contributed by atoms with E-state index in [0.29, 0.717) is 35.8 Å². The van der Waals surface area contributed by atoms with Gasteiger partial charge in [-0.1, -0.05) is 30.3 Å². The van der Waals surface area contributed by atoms with Crippen molar-refractivity contribution >= 4 is 16.9 Å². The van der Waals surface area contributed by atoms with Gasteiger partial charge in [-0.15, -0.1) is 0 Å². The van der Waals surface area contributed by atoms with E-state index in [2.05, 4.69) is 23.8 Å². The van der Waals surface area contributed by atoms with Crippen molar-refractivity contribution in [3.05, 3.63) is 76.6 Å². The van der Waals surface area contributed by atoms with Gasteiger partial charge < -0.3 is 23.5 Å². The lowest BCUT2D eigenvalue weighted by atomic mass is 9.88. The van der Waals surface area contributed by atoms with Crippen molar-refractivity contribution in [3.63, 3.8) is 0 Å². The van der Waals surface area contributed by atoms with Crippen LogP contribution < -0.4 is 15.1 Å². The Morgan fingerprint density at radius 3 is 2.57 bits per heavy atom. The SMILES string of the molecule is CC1(C)CCC2(CCN(c3cc(=O)c4ccc(OCc5ccccc5)c(-c5ccnn5C5CCCCO5)c4o3)CC2)O1. The number of ether oxygens (including phenoxy) is 3. The van der Waals surface area contributed by atoms with Gasteiger partial charge in [0.2, 0.25) is 0 Å². The molecule has 2 aromatic heterocycles. The summed E-state index contributed by atoms with van der Waals surface area (Å²) in [5, 5.41) is 5.18. The predicted octanol–water partition coefficient (Wildman–Crippen LogP) is 6.86. The third-order valence-electron chi connectivity index (χ3n) is 9.10. The van der Waals surface area contributed by atoms with Crippen LogP contribution in [0.4, 0.5) is 5.88 Å². The van der Waals surface area contributed by atoms with E-state index in [9.17, 15) is 4.79 Å². The number of hydrogen-bond acceptors (Lipinski definition) is 7. The molecule has 0 amide bonds. The van der Waals surface area contributed by atoms with Gasteiger partial charge >= 0.3 is 0 Å². The Labute approximate surface area is 246 Å². The minimum Gasteiger partial charge on any atom is -0.488 e. The third-order valence-corrected chi connectivity index (χ3v) is 9.10. The van der Waals surface area contributed by atoms with Crippen molar-refractivity contribution in [3.8, 4) is 17.0 Å². The van der Waals surface area contributed by atoms with Crippen molar-refractivity contribution in [2.75, 3.05) is 24.6 Å². The van der Waals surface area contributed by atoms with Crippen molar-refractivity contribution < 1.29 is 18.6 Å². The molecule has 8 nitrogen and oxygen atoms in total. The number of hydrogen-bond donors (Lipinski definition) is 0. The summed E-state index contributed by atoms with van der Waals surface area (Å²) in [6.45, 7) is 7.00. The average molecular weight is 570 g/mol. The minimum absolute atomic E-state index is 0.0689. The highest BCUT2D eigenvalue weighted by Crippen LogP contribution is 2.45. The summed E-state index contributed by atoms with van der Waals surface area (Å²) in [5.41, 5.74) is 2.89. The van der Waals surface area contributed by atoms with Crippen LogP contribution in [0.2, 0.25) is 0 Å². The largest absolute Gasteiger partial charge is 0.488 e. The molecule has 1 spiro atoms. The number of piperidine rings is 1. The molecule has 3 aliphatic heterocycles. The van der Waals surface area contributed by atoms with Crippen LogP contribution in [0.5, 0.6) is 5.75 Å². The zero-order valence-electron chi connectivity index (χ0n) is 24.5. The van der Waals surface area contributed by atoms with Crippen molar-refractivity contribution in [1.29, 1.82) is 0 Å². The average Bonchev–Trinajstić information content (AvgIpc) is 3.61. The molecular weight excluding hydrogens is 530 g/mol. The van der Waals surface area contributed by atoms with Gasteiger partial charge in [0.05, 0.1) is 27.8 Å². The van der Waals surface area contributed by atoms with E-state index in [-0.39, 0.29) is 22.9 Å². The summed E-state index contributed by atoms with van der Waals surface area (Å²) < 4.78 is 27.7. The van der Waals surface area contributed by atoms with Crippen LogP contribution in [-0.2, 0) is 16.1 Å². The second kappa shape index (κ2) is 10.9. The molecule has 42 heavy (non-hydrogen) atoms. The molecule has 5 heterocycles. The molecule has 3 aliphatic rings. The first-order valence-electron chi connectivity index (χ1n) is 15.3. The Morgan fingerprint density at radius 2 is 1.83 bits per heavy atom. The van der Waals surface area contributed by atoms with E-state index in [4.69, 9.17) is 18.6 Å². The maximum atomic E-state index is 13.6. The summed E-state index contributed by atoms with van der Waals surface area (Å²) in [4.78, 5) is 15.8. The molecule has 1 atom stereocenters. The zero-order chi connectivity index (χ0) is 28.7. The first-order valence-corrected chi connectivity index (χ1v) is 15.3. The summed E-state index contributed by atoms with van der Waals surface area (Å²) >= 11 is 0. The minimum atomic E-state index is -0.176. The van der Waals surface area contributed by atoms with E-state index in [1.54, 1.807) is 12.3 Å². The summed E-state index contributed by atoms with van der Waals surface area (Å²) in [5.74, 6) is 1.23. The van der Waals surface area contributed by atoms with Crippen LogP contribution in [-0.4, -0.2) is 40.7 Å². The molecule has 3 saturated heterocycles. The van der Waals surface area contributed by atoms with Crippen LogP contribution in [0.1, 0.15) is 70.6 Å². The molecule has 8 heteroatoms. The molecule has 0 bridgehead atoms. The normalized spacial score (nSPS) is 21.7. The smallest absolute Gasteiger partial charge is 0.200 e. The number of benzene rings is 2. The van der Waals surface area contributed by atoms with Gasteiger partial charge in [0, 0.05) is 32.0 Å². The molecule has 1 unspecified atom stereocenters. The second-order valence-electron chi connectivity index (χ2n) is 12.6. The van der Waals surface area contributed by atoms with E-state index in [0.717, 1.165) is 74.9 Å². The number of aromatic nitrogens is 2. The first kappa shape index (κ1) is 27.2. The van der Waals surface area contributed by atoms with E-state index >= 15 is 0 Å². The summed E-state index contributed by atoms with van der Waals surface area (Å²) in [6.07, 6.45) is 8.59. The molecule has 7 rings (SSSR count). The molecule has 4 aromatic rings. The fourth-order valence-corrected chi connectivity index (χ4v) is 6.80.